The topological polar surface area (TPSA) is 91.0 Å². The van der Waals surface area contributed by atoms with Crippen molar-refractivity contribution in [2.45, 2.75) is 106 Å². The van der Waals surface area contributed by atoms with Gasteiger partial charge in [-0.3, -0.25) is 19.6 Å². The summed E-state index contributed by atoms with van der Waals surface area (Å²) in [6, 6.07) is 3.70. The minimum Gasteiger partial charge on any atom is -0.383 e. The number of aromatic nitrogens is 4. The number of fused-ring (bicyclic) bond motifs is 2. The van der Waals surface area contributed by atoms with E-state index >= 15 is 0 Å². The van der Waals surface area contributed by atoms with Crippen LogP contribution in [0.2, 0.25) is 0 Å². The summed E-state index contributed by atoms with van der Waals surface area (Å²) in [4.78, 5) is 32.9. The van der Waals surface area contributed by atoms with Crippen LogP contribution in [-0.4, -0.2) is 51.1 Å². The van der Waals surface area contributed by atoms with Gasteiger partial charge in [0.2, 0.25) is 5.91 Å². The number of amides is 1. The second kappa shape index (κ2) is 18.3. The van der Waals surface area contributed by atoms with Crippen LogP contribution in [0.25, 0.3) is 21.8 Å². The number of pyridine rings is 2. The highest BCUT2D eigenvalue weighted by atomic mass is 16.5. The Kier molecular flexibility index (Phi) is 15.3. The Morgan fingerprint density at radius 1 is 0.886 bits per heavy atom. The molecule has 1 N–H and O–H groups in total. The van der Waals surface area contributed by atoms with Crippen LogP contribution in [0.15, 0.2) is 49.3 Å². The minimum atomic E-state index is -0.265. The first-order valence-corrected chi connectivity index (χ1v) is 16.2. The zero-order chi connectivity index (χ0) is 32.8. The molecule has 8 heteroatoms. The molecule has 0 aromatic carbocycles. The maximum absolute atomic E-state index is 12.2. The van der Waals surface area contributed by atoms with Crippen molar-refractivity contribution < 1.29 is 15.8 Å². The molecule has 0 saturated heterocycles. The Balaban J connectivity index is 0.000000406. The number of ketones is 1. The molecule has 0 aliphatic carbocycles. The fourth-order valence-corrected chi connectivity index (χ4v) is 4.92. The van der Waals surface area contributed by atoms with Gasteiger partial charge in [-0.25, -0.2) is 0 Å². The van der Waals surface area contributed by atoms with Crippen molar-refractivity contribution in [2.24, 2.45) is 5.92 Å². The number of carbonyl (C=O) groups is 2. The van der Waals surface area contributed by atoms with Crippen LogP contribution in [0.5, 0.6) is 0 Å². The van der Waals surface area contributed by atoms with Gasteiger partial charge >= 0.3 is 0 Å². The Bertz CT molecular complexity index is 1460. The number of carbonyl (C=O) groups excluding carboxylic acids is 2. The predicted molar refractivity (Wildman–Crippen MR) is 184 cm³/mol. The summed E-state index contributed by atoms with van der Waals surface area (Å²) in [6.45, 7) is 20.4. The molecule has 3 atom stereocenters. The van der Waals surface area contributed by atoms with Gasteiger partial charge in [0.05, 0.1) is 24.2 Å². The van der Waals surface area contributed by atoms with Gasteiger partial charge in [-0.2, -0.15) is 0 Å². The van der Waals surface area contributed by atoms with E-state index in [0.717, 1.165) is 29.3 Å². The zero-order valence-corrected chi connectivity index (χ0v) is 28.7. The summed E-state index contributed by atoms with van der Waals surface area (Å²) in [6.07, 6.45) is 14.8. The summed E-state index contributed by atoms with van der Waals surface area (Å²) >= 11 is 0. The highest BCUT2D eigenvalue weighted by molar-refractivity contribution is 5.88. The summed E-state index contributed by atoms with van der Waals surface area (Å²) in [5.41, 5.74) is 4.68. The molecule has 244 valence electrons. The van der Waals surface area contributed by atoms with Gasteiger partial charge in [0.1, 0.15) is 6.04 Å². The van der Waals surface area contributed by atoms with Crippen molar-refractivity contribution >= 4 is 33.5 Å². The minimum absolute atomic E-state index is 0. The van der Waals surface area contributed by atoms with Crippen molar-refractivity contribution in [3.63, 3.8) is 0 Å². The quantitative estimate of drug-likeness (QED) is 0.164. The van der Waals surface area contributed by atoms with Gasteiger partial charge in [0.15, 0.2) is 5.78 Å². The van der Waals surface area contributed by atoms with E-state index in [9.17, 15) is 9.59 Å². The number of hydrogen-bond acceptors (Lipinski definition) is 5. The van der Waals surface area contributed by atoms with E-state index in [2.05, 4.69) is 80.7 Å². The lowest BCUT2D eigenvalue weighted by atomic mass is 9.99. The van der Waals surface area contributed by atoms with Crippen LogP contribution < -0.4 is 5.32 Å². The molecule has 2 unspecified atom stereocenters. The van der Waals surface area contributed by atoms with Gasteiger partial charge in [0, 0.05) is 69.0 Å². The molecule has 0 saturated carbocycles. The Morgan fingerprint density at radius 2 is 1.48 bits per heavy atom. The first kappa shape index (κ1) is 36.7. The molecule has 0 spiro atoms. The summed E-state index contributed by atoms with van der Waals surface area (Å²) in [5.74, 6) is 1.30. The van der Waals surface area contributed by atoms with E-state index in [1.165, 1.54) is 22.9 Å². The molecule has 4 rings (SSSR count). The molecule has 0 fully saturated rings. The average molecular weight is 608 g/mol. The molecule has 0 radical (unpaired) electrons. The molecular weight excluding hydrogens is 550 g/mol. The van der Waals surface area contributed by atoms with Crippen LogP contribution in [-0.2, 0) is 20.9 Å². The third-order valence-corrected chi connectivity index (χ3v) is 8.03. The molecule has 0 aliphatic rings. The largest absolute Gasteiger partial charge is 0.383 e. The van der Waals surface area contributed by atoms with E-state index in [1.54, 1.807) is 19.5 Å². The van der Waals surface area contributed by atoms with Crippen LogP contribution in [0.1, 0.15) is 112 Å². The summed E-state index contributed by atoms with van der Waals surface area (Å²) in [7, 11) is 1.62. The van der Waals surface area contributed by atoms with E-state index < -0.39 is 0 Å². The molecule has 4 aromatic heterocycles. The lowest BCUT2D eigenvalue weighted by Crippen LogP contribution is -2.33. The molecular formula is C36H57N5O3. The SMILES string of the molecule is CCC.CCC(C)C(=O)Cn1cc(C(C)CC)c2cnccc21.COCCNC(=O)[C@@H](C)n1cc(C(C)C)c2cnccc21.[HH]. The predicted octanol–water partition coefficient (Wildman–Crippen LogP) is 8.31. The first-order valence-electron chi connectivity index (χ1n) is 16.2. The van der Waals surface area contributed by atoms with E-state index in [-0.39, 0.29) is 19.3 Å². The van der Waals surface area contributed by atoms with E-state index in [0.29, 0.717) is 37.3 Å². The van der Waals surface area contributed by atoms with Crippen LogP contribution in [0.4, 0.5) is 0 Å². The lowest BCUT2D eigenvalue weighted by Gasteiger charge is -2.15. The van der Waals surface area contributed by atoms with Crippen molar-refractivity contribution in [3.8, 4) is 0 Å². The zero-order valence-electron chi connectivity index (χ0n) is 28.7. The Labute approximate surface area is 266 Å². The molecule has 44 heavy (non-hydrogen) atoms. The molecule has 4 heterocycles. The molecule has 8 nitrogen and oxygen atoms in total. The normalized spacial score (nSPS) is 13.1. The molecule has 1 amide bonds. The van der Waals surface area contributed by atoms with Crippen LogP contribution in [0, 0.1) is 5.92 Å². The van der Waals surface area contributed by atoms with Gasteiger partial charge in [-0.15, -0.1) is 0 Å². The van der Waals surface area contributed by atoms with Crippen molar-refractivity contribution in [3.05, 3.63) is 60.4 Å². The lowest BCUT2D eigenvalue weighted by molar-refractivity contribution is -0.124. The summed E-state index contributed by atoms with van der Waals surface area (Å²) in [5, 5.41) is 5.18. The number of Topliss-reactive ketones (excluding diaryl/α,β-unsaturated/α-hetero) is 1. The number of nitrogens with zero attached hydrogens (tertiary/aromatic N) is 4. The fourth-order valence-electron chi connectivity index (χ4n) is 4.92. The Morgan fingerprint density at radius 3 is 2.02 bits per heavy atom. The fraction of sp³-hybridized carbons (Fsp3) is 0.556. The van der Waals surface area contributed by atoms with E-state index in [4.69, 9.17) is 4.74 Å². The second-order valence-electron chi connectivity index (χ2n) is 11.9. The van der Waals surface area contributed by atoms with E-state index in [1.807, 2.05) is 42.9 Å². The van der Waals surface area contributed by atoms with Crippen molar-refractivity contribution in [1.82, 2.24) is 24.4 Å². The number of hydrogen-bond donors (Lipinski definition) is 1. The molecule has 4 aromatic rings. The maximum atomic E-state index is 12.2. The molecule has 0 bridgehead atoms. The highest BCUT2D eigenvalue weighted by Crippen LogP contribution is 2.30. The monoisotopic (exact) mass is 607 g/mol. The molecule has 0 aliphatic heterocycles. The number of ether oxygens (including phenoxy) is 1. The van der Waals surface area contributed by atoms with Crippen molar-refractivity contribution in [1.29, 1.82) is 0 Å². The van der Waals surface area contributed by atoms with Crippen LogP contribution in [0.3, 0.4) is 0 Å². The third kappa shape index (κ3) is 9.49. The summed E-state index contributed by atoms with van der Waals surface area (Å²) < 4.78 is 9.07. The number of methoxy groups -OCH3 is 1. The third-order valence-electron chi connectivity index (χ3n) is 8.03. The second-order valence-corrected chi connectivity index (χ2v) is 11.9. The smallest absolute Gasteiger partial charge is 0.242 e. The first-order chi connectivity index (χ1) is 21.1. The van der Waals surface area contributed by atoms with Crippen molar-refractivity contribution in [2.75, 3.05) is 20.3 Å². The number of rotatable bonds is 12. The van der Waals surface area contributed by atoms with Gasteiger partial charge in [0.25, 0.3) is 0 Å². The highest BCUT2D eigenvalue weighted by Gasteiger charge is 2.20. The number of nitrogens with one attached hydrogen (secondary N) is 1. The Hall–Kier alpha value is -3.52. The van der Waals surface area contributed by atoms with Gasteiger partial charge in [-0.1, -0.05) is 61.8 Å². The van der Waals surface area contributed by atoms with Gasteiger partial charge in [-0.05, 0) is 54.9 Å². The average Bonchev–Trinajstić information content (AvgIpc) is 3.60. The standard InChI is InChI=1S/C17H24N2O.C16H23N3O2.C3H8.H2/c1-5-12(3)15-10-19(11-17(20)13(4)6-2)16-7-8-18-9-14(15)16;1-11(2)14-10-19(15-5-6-17-9-13(14)15)12(3)16(20)18-7-8-21-4;1-3-2;/h7-10,12-13H,5-6,11H2,1-4H3;5-6,9-12H,7-8H2,1-4H3,(H,18,20);3H2,1-2H3;1H/t;12-;;/m.1../s1. The van der Waals surface area contributed by atoms with Crippen LogP contribution >= 0.6 is 0 Å². The maximum Gasteiger partial charge on any atom is 0.242 e. The van der Waals surface area contributed by atoms with Gasteiger partial charge < -0.3 is 19.2 Å².